The minimum absolute atomic E-state index is 0.218. The summed E-state index contributed by atoms with van der Waals surface area (Å²) in [5.41, 5.74) is 1.03. The molecule has 18 heavy (non-hydrogen) atoms. The van der Waals surface area contributed by atoms with Crippen LogP contribution >= 0.6 is 11.3 Å². The Morgan fingerprint density at radius 3 is 2.94 bits per heavy atom. The fourth-order valence-electron chi connectivity index (χ4n) is 2.37. The van der Waals surface area contributed by atoms with E-state index in [0.29, 0.717) is 19.4 Å². The SMILES string of the molecule is CCC1c2ccsc2CCN1S(=O)(=O)CC(=O)O. The van der Waals surface area contributed by atoms with Crippen LogP contribution < -0.4 is 0 Å². The highest BCUT2D eigenvalue weighted by molar-refractivity contribution is 7.89. The third kappa shape index (κ3) is 2.43. The first kappa shape index (κ1) is 13.5. The zero-order valence-electron chi connectivity index (χ0n) is 10.00. The van der Waals surface area contributed by atoms with Crippen LogP contribution in [0.4, 0.5) is 0 Å². The quantitative estimate of drug-likeness (QED) is 0.911. The number of fused-ring (bicyclic) bond motifs is 1. The van der Waals surface area contributed by atoms with Gasteiger partial charge in [0, 0.05) is 11.4 Å². The summed E-state index contributed by atoms with van der Waals surface area (Å²) in [5, 5.41) is 10.6. The molecule has 1 aliphatic heterocycles. The van der Waals surface area contributed by atoms with Gasteiger partial charge in [0.05, 0.1) is 6.04 Å². The van der Waals surface area contributed by atoms with Gasteiger partial charge < -0.3 is 5.11 Å². The highest BCUT2D eigenvalue weighted by Gasteiger charge is 2.35. The number of nitrogens with zero attached hydrogens (tertiary/aromatic N) is 1. The van der Waals surface area contributed by atoms with Crippen LogP contribution in [0.3, 0.4) is 0 Å². The minimum Gasteiger partial charge on any atom is -0.480 e. The van der Waals surface area contributed by atoms with E-state index in [1.165, 1.54) is 9.18 Å². The van der Waals surface area contributed by atoms with Crippen LogP contribution in [0.2, 0.25) is 0 Å². The smallest absolute Gasteiger partial charge is 0.320 e. The molecule has 0 spiro atoms. The Hall–Kier alpha value is -0.920. The zero-order valence-corrected chi connectivity index (χ0v) is 11.6. The van der Waals surface area contributed by atoms with Gasteiger partial charge in [0.1, 0.15) is 0 Å². The van der Waals surface area contributed by atoms with Crippen molar-refractivity contribution in [3.05, 3.63) is 21.9 Å². The number of carbonyl (C=O) groups is 1. The Kier molecular flexibility index (Phi) is 3.74. The van der Waals surface area contributed by atoms with Crippen molar-refractivity contribution in [1.29, 1.82) is 0 Å². The topological polar surface area (TPSA) is 74.7 Å². The second-order valence-electron chi connectivity index (χ2n) is 4.23. The summed E-state index contributed by atoms with van der Waals surface area (Å²) in [6.07, 6.45) is 1.32. The maximum absolute atomic E-state index is 12.0. The maximum atomic E-state index is 12.0. The van der Waals surface area contributed by atoms with Gasteiger partial charge >= 0.3 is 5.97 Å². The van der Waals surface area contributed by atoms with Crippen molar-refractivity contribution >= 4 is 27.3 Å². The molecular formula is C11H15NO4S2. The van der Waals surface area contributed by atoms with Crippen LogP contribution in [0.15, 0.2) is 11.4 Å². The highest BCUT2D eigenvalue weighted by Crippen LogP contribution is 2.36. The van der Waals surface area contributed by atoms with Gasteiger partial charge in [0.25, 0.3) is 0 Å². The Morgan fingerprint density at radius 2 is 2.33 bits per heavy atom. The predicted molar refractivity (Wildman–Crippen MR) is 69.2 cm³/mol. The fraction of sp³-hybridized carbons (Fsp3) is 0.545. The summed E-state index contributed by atoms with van der Waals surface area (Å²) in [6, 6.07) is 1.72. The van der Waals surface area contributed by atoms with Crippen molar-refractivity contribution in [1.82, 2.24) is 4.31 Å². The molecule has 1 unspecified atom stereocenters. The highest BCUT2D eigenvalue weighted by atomic mass is 32.2. The number of carboxylic acid groups (broad SMARTS) is 1. The van der Waals surface area contributed by atoms with Gasteiger partial charge in [-0.15, -0.1) is 11.3 Å². The number of sulfonamides is 1. The van der Waals surface area contributed by atoms with E-state index in [1.807, 2.05) is 18.4 Å². The molecule has 7 heteroatoms. The van der Waals surface area contributed by atoms with E-state index in [4.69, 9.17) is 5.11 Å². The average Bonchev–Trinajstić information content (AvgIpc) is 2.73. The van der Waals surface area contributed by atoms with Gasteiger partial charge in [0.2, 0.25) is 10.0 Å². The number of hydrogen-bond acceptors (Lipinski definition) is 4. The van der Waals surface area contributed by atoms with Gasteiger partial charge in [-0.25, -0.2) is 8.42 Å². The summed E-state index contributed by atoms with van der Waals surface area (Å²) in [6.45, 7) is 2.29. The summed E-state index contributed by atoms with van der Waals surface area (Å²) in [5.74, 6) is -2.14. The van der Waals surface area contributed by atoms with E-state index in [0.717, 1.165) is 5.56 Å². The molecule has 0 bridgehead atoms. The monoisotopic (exact) mass is 289 g/mol. The van der Waals surface area contributed by atoms with Gasteiger partial charge in [0.15, 0.2) is 5.75 Å². The van der Waals surface area contributed by atoms with Crippen molar-refractivity contribution < 1.29 is 18.3 Å². The summed E-state index contributed by atoms with van der Waals surface area (Å²) in [7, 11) is -3.73. The van der Waals surface area contributed by atoms with Crippen molar-refractivity contribution in [2.45, 2.75) is 25.8 Å². The molecule has 2 rings (SSSR count). The molecule has 0 aliphatic carbocycles. The number of hydrogen-bond donors (Lipinski definition) is 1. The summed E-state index contributed by atoms with van der Waals surface area (Å²) < 4.78 is 25.4. The van der Waals surface area contributed by atoms with E-state index >= 15 is 0 Å². The molecule has 0 saturated carbocycles. The van der Waals surface area contributed by atoms with Gasteiger partial charge in [-0.1, -0.05) is 6.92 Å². The van der Waals surface area contributed by atoms with E-state index in [1.54, 1.807) is 11.3 Å². The maximum Gasteiger partial charge on any atom is 0.320 e. The first-order chi connectivity index (χ1) is 8.45. The lowest BCUT2D eigenvalue weighted by Crippen LogP contribution is -2.41. The molecule has 1 aliphatic rings. The van der Waals surface area contributed by atoms with Gasteiger partial charge in [-0.05, 0) is 29.9 Å². The lowest BCUT2D eigenvalue weighted by molar-refractivity contribution is -0.134. The Labute approximate surface area is 110 Å². The standard InChI is InChI=1S/C11H15NO4S2/c1-2-9-8-4-6-17-10(8)3-5-12(9)18(15,16)7-11(13)14/h4,6,9H,2-3,5,7H2,1H3,(H,13,14). The predicted octanol–water partition coefficient (Wildman–Crippen LogP) is 1.47. The molecule has 2 heterocycles. The summed E-state index contributed by atoms with van der Waals surface area (Å²) in [4.78, 5) is 11.9. The Balaban J connectivity index is 2.33. The van der Waals surface area contributed by atoms with Crippen molar-refractivity contribution in [3.8, 4) is 0 Å². The molecule has 0 amide bonds. The summed E-state index contributed by atoms with van der Waals surface area (Å²) >= 11 is 1.63. The minimum atomic E-state index is -3.73. The van der Waals surface area contributed by atoms with Crippen LogP contribution in [0.5, 0.6) is 0 Å². The largest absolute Gasteiger partial charge is 0.480 e. The lowest BCUT2D eigenvalue weighted by atomic mass is 10.0. The number of thiophene rings is 1. The van der Waals surface area contributed by atoms with Crippen molar-refractivity contribution in [3.63, 3.8) is 0 Å². The number of rotatable bonds is 4. The molecule has 1 aromatic rings. The first-order valence-corrected chi connectivity index (χ1v) is 8.22. The molecule has 0 saturated heterocycles. The van der Waals surface area contributed by atoms with Crippen molar-refractivity contribution in [2.75, 3.05) is 12.3 Å². The molecule has 5 nitrogen and oxygen atoms in total. The third-order valence-corrected chi connectivity index (χ3v) is 5.86. The average molecular weight is 289 g/mol. The second-order valence-corrected chi connectivity index (χ2v) is 7.16. The molecule has 1 aromatic heterocycles. The van der Waals surface area contributed by atoms with Crippen molar-refractivity contribution in [2.24, 2.45) is 0 Å². The molecule has 100 valence electrons. The normalized spacial score (nSPS) is 20.6. The van der Waals surface area contributed by atoms with Crippen LogP contribution in [-0.2, 0) is 21.2 Å². The van der Waals surface area contributed by atoms with Crippen LogP contribution in [-0.4, -0.2) is 36.1 Å². The first-order valence-electron chi connectivity index (χ1n) is 5.73. The van der Waals surface area contributed by atoms with E-state index < -0.39 is 21.7 Å². The Bertz CT molecular complexity index is 549. The van der Waals surface area contributed by atoms with Crippen LogP contribution in [0.25, 0.3) is 0 Å². The molecule has 0 fully saturated rings. The molecule has 1 N–H and O–H groups in total. The van der Waals surface area contributed by atoms with Crippen LogP contribution in [0, 0.1) is 0 Å². The fourth-order valence-corrected chi connectivity index (χ4v) is 4.79. The van der Waals surface area contributed by atoms with Gasteiger partial charge in [-0.3, -0.25) is 4.79 Å². The molecular weight excluding hydrogens is 274 g/mol. The zero-order chi connectivity index (χ0) is 13.3. The lowest BCUT2D eigenvalue weighted by Gasteiger charge is -2.33. The third-order valence-electron chi connectivity index (χ3n) is 3.10. The van der Waals surface area contributed by atoms with E-state index in [2.05, 4.69) is 0 Å². The number of carboxylic acids is 1. The van der Waals surface area contributed by atoms with E-state index in [9.17, 15) is 13.2 Å². The molecule has 0 aromatic carbocycles. The Morgan fingerprint density at radius 1 is 1.61 bits per heavy atom. The second kappa shape index (κ2) is 4.99. The van der Waals surface area contributed by atoms with Crippen LogP contribution in [0.1, 0.15) is 29.8 Å². The molecule has 1 atom stereocenters. The number of aliphatic carboxylic acids is 1. The molecule has 0 radical (unpaired) electrons. The van der Waals surface area contributed by atoms with E-state index in [-0.39, 0.29) is 6.04 Å². The van der Waals surface area contributed by atoms with Gasteiger partial charge in [-0.2, -0.15) is 4.31 Å².